The summed E-state index contributed by atoms with van der Waals surface area (Å²) in [5.41, 5.74) is 0. The van der Waals surface area contributed by atoms with E-state index in [1.165, 1.54) is 0 Å². The highest BCUT2D eigenvalue weighted by molar-refractivity contribution is 5.85. The molecule has 4 unspecified atom stereocenters. The second-order valence-corrected chi connectivity index (χ2v) is 5.48. The number of hydrogen-bond acceptors (Lipinski definition) is 4. The van der Waals surface area contributed by atoms with Crippen LogP contribution in [0.1, 0.15) is 26.2 Å². The Hall–Kier alpha value is -1.14. The van der Waals surface area contributed by atoms with Crippen molar-refractivity contribution in [2.24, 2.45) is 11.8 Å². The van der Waals surface area contributed by atoms with Crippen LogP contribution in [0.25, 0.3) is 0 Å². The fourth-order valence-corrected chi connectivity index (χ4v) is 3.11. The number of morpholine rings is 1. The van der Waals surface area contributed by atoms with E-state index in [0.717, 1.165) is 6.42 Å². The van der Waals surface area contributed by atoms with Gasteiger partial charge in [0.15, 0.2) is 0 Å². The Morgan fingerprint density at radius 1 is 1.26 bits per heavy atom. The molecule has 0 aromatic carbocycles. The zero-order valence-corrected chi connectivity index (χ0v) is 11.1. The number of carbonyl (C=O) groups excluding carboxylic acids is 1. The lowest BCUT2D eigenvalue weighted by Crippen LogP contribution is -2.52. The van der Waals surface area contributed by atoms with E-state index in [9.17, 15) is 9.59 Å². The summed E-state index contributed by atoms with van der Waals surface area (Å²) in [6.45, 7) is 2.55. The van der Waals surface area contributed by atoms with Crippen LogP contribution in [0.15, 0.2) is 0 Å². The molecule has 1 aliphatic carbocycles. The first-order valence-corrected chi connectivity index (χ1v) is 6.80. The van der Waals surface area contributed by atoms with Gasteiger partial charge in [-0.1, -0.05) is 6.42 Å². The van der Waals surface area contributed by atoms with E-state index in [1.54, 1.807) is 4.90 Å². The van der Waals surface area contributed by atoms with Gasteiger partial charge in [0.2, 0.25) is 5.91 Å². The number of rotatable bonds is 3. The molecule has 2 N–H and O–H groups in total. The Balaban J connectivity index is 2.04. The van der Waals surface area contributed by atoms with Gasteiger partial charge in [0.1, 0.15) is 0 Å². The number of carboxylic acids is 1. The van der Waals surface area contributed by atoms with E-state index in [2.05, 4.69) is 0 Å². The second-order valence-electron chi connectivity index (χ2n) is 5.48. The van der Waals surface area contributed by atoms with Gasteiger partial charge in [-0.2, -0.15) is 0 Å². The van der Waals surface area contributed by atoms with E-state index in [1.807, 2.05) is 6.92 Å². The smallest absolute Gasteiger partial charge is 0.307 e. The maximum atomic E-state index is 12.4. The molecule has 1 saturated heterocycles. The van der Waals surface area contributed by atoms with Gasteiger partial charge in [-0.3, -0.25) is 9.59 Å². The highest BCUT2D eigenvalue weighted by Crippen LogP contribution is 2.34. The van der Waals surface area contributed by atoms with Crippen LogP contribution in [0.2, 0.25) is 0 Å². The van der Waals surface area contributed by atoms with Crippen molar-refractivity contribution in [1.82, 2.24) is 4.90 Å². The molecular weight excluding hydrogens is 250 g/mol. The molecule has 4 atom stereocenters. The average Bonchev–Trinajstić information content (AvgIpc) is 2.86. The third-order valence-electron chi connectivity index (χ3n) is 3.99. The van der Waals surface area contributed by atoms with Crippen molar-refractivity contribution in [3.05, 3.63) is 0 Å². The molecule has 2 rings (SSSR count). The van der Waals surface area contributed by atoms with Crippen LogP contribution in [0.3, 0.4) is 0 Å². The van der Waals surface area contributed by atoms with E-state index in [4.69, 9.17) is 14.9 Å². The molecule has 1 aliphatic heterocycles. The van der Waals surface area contributed by atoms with Crippen molar-refractivity contribution >= 4 is 11.9 Å². The van der Waals surface area contributed by atoms with Gasteiger partial charge in [-0.05, 0) is 19.8 Å². The minimum atomic E-state index is -0.879. The van der Waals surface area contributed by atoms with Crippen molar-refractivity contribution in [3.8, 4) is 0 Å². The molecule has 0 aromatic rings. The molecule has 19 heavy (non-hydrogen) atoms. The summed E-state index contributed by atoms with van der Waals surface area (Å²) >= 11 is 0. The number of carboxylic acid groups (broad SMARTS) is 1. The zero-order chi connectivity index (χ0) is 14.0. The van der Waals surface area contributed by atoms with Crippen LogP contribution < -0.4 is 0 Å². The predicted octanol–water partition coefficient (Wildman–Crippen LogP) is 0.0955. The lowest BCUT2D eigenvalue weighted by molar-refractivity contribution is -0.157. The topological polar surface area (TPSA) is 87.1 Å². The number of nitrogens with zero attached hydrogens (tertiary/aromatic N) is 1. The highest BCUT2D eigenvalue weighted by Gasteiger charge is 2.41. The molecule has 0 radical (unpaired) electrons. The third-order valence-corrected chi connectivity index (χ3v) is 3.99. The molecule has 1 amide bonds. The summed E-state index contributed by atoms with van der Waals surface area (Å²) in [5, 5.41) is 18.3. The molecule has 1 heterocycles. The normalized spacial score (nSPS) is 35.4. The first-order valence-electron chi connectivity index (χ1n) is 6.80. The van der Waals surface area contributed by atoms with Crippen LogP contribution in [0.5, 0.6) is 0 Å². The minimum Gasteiger partial charge on any atom is -0.481 e. The summed E-state index contributed by atoms with van der Waals surface area (Å²) in [7, 11) is 0. The number of ether oxygens (including phenoxy) is 1. The van der Waals surface area contributed by atoms with Crippen molar-refractivity contribution in [2.75, 3.05) is 19.7 Å². The SMILES string of the molecule is CC1CN(C(=O)C2CCCC2C(=O)O)CC(CO)O1. The van der Waals surface area contributed by atoms with Crippen molar-refractivity contribution in [2.45, 2.75) is 38.4 Å². The van der Waals surface area contributed by atoms with Crippen molar-refractivity contribution < 1.29 is 24.5 Å². The van der Waals surface area contributed by atoms with Gasteiger partial charge in [0.25, 0.3) is 0 Å². The fourth-order valence-electron chi connectivity index (χ4n) is 3.11. The summed E-state index contributed by atoms with van der Waals surface area (Å²) in [5.74, 6) is -1.95. The lowest BCUT2D eigenvalue weighted by atomic mass is 9.94. The Bertz CT molecular complexity index is 359. The highest BCUT2D eigenvalue weighted by atomic mass is 16.5. The predicted molar refractivity (Wildman–Crippen MR) is 66.5 cm³/mol. The van der Waals surface area contributed by atoms with E-state index < -0.39 is 17.8 Å². The van der Waals surface area contributed by atoms with Gasteiger partial charge < -0.3 is 19.8 Å². The van der Waals surface area contributed by atoms with Crippen LogP contribution in [0, 0.1) is 11.8 Å². The third kappa shape index (κ3) is 3.06. The minimum absolute atomic E-state index is 0.0986. The summed E-state index contributed by atoms with van der Waals surface area (Å²) < 4.78 is 5.49. The summed E-state index contributed by atoms with van der Waals surface area (Å²) in [4.78, 5) is 25.3. The molecule has 108 valence electrons. The molecule has 6 heteroatoms. The molecule has 0 bridgehead atoms. The lowest BCUT2D eigenvalue weighted by Gasteiger charge is -2.37. The first kappa shape index (κ1) is 14.3. The van der Waals surface area contributed by atoms with Gasteiger partial charge in [0, 0.05) is 13.1 Å². The number of aliphatic carboxylic acids is 1. The maximum absolute atomic E-state index is 12.4. The summed E-state index contributed by atoms with van der Waals surface area (Å²) in [6.07, 6.45) is 1.52. The van der Waals surface area contributed by atoms with E-state index >= 15 is 0 Å². The van der Waals surface area contributed by atoms with E-state index in [0.29, 0.717) is 25.9 Å². The number of aliphatic hydroxyl groups is 1. The zero-order valence-electron chi connectivity index (χ0n) is 11.1. The quantitative estimate of drug-likeness (QED) is 0.760. The van der Waals surface area contributed by atoms with E-state index in [-0.39, 0.29) is 24.7 Å². The average molecular weight is 271 g/mol. The Labute approximate surface area is 112 Å². The van der Waals surface area contributed by atoms with Gasteiger partial charge in [-0.15, -0.1) is 0 Å². The maximum Gasteiger partial charge on any atom is 0.307 e. The number of aliphatic hydroxyl groups excluding tert-OH is 1. The molecular formula is C13H21NO5. The molecule has 2 aliphatic rings. The molecule has 6 nitrogen and oxygen atoms in total. The number of amides is 1. The number of carbonyl (C=O) groups is 2. The summed E-state index contributed by atoms with van der Waals surface area (Å²) in [6, 6.07) is 0. The van der Waals surface area contributed by atoms with Crippen LogP contribution in [-0.4, -0.2) is 58.9 Å². The molecule has 0 spiro atoms. The monoisotopic (exact) mass is 271 g/mol. The second kappa shape index (κ2) is 5.88. The Morgan fingerprint density at radius 2 is 1.95 bits per heavy atom. The van der Waals surface area contributed by atoms with Crippen molar-refractivity contribution in [1.29, 1.82) is 0 Å². The number of hydrogen-bond donors (Lipinski definition) is 2. The Morgan fingerprint density at radius 3 is 2.58 bits per heavy atom. The van der Waals surface area contributed by atoms with Crippen molar-refractivity contribution in [3.63, 3.8) is 0 Å². The molecule has 1 saturated carbocycles. The molecule has 2 fully saturated rings. The first-order chi connectivity index (χ1) is 9.02. The molecule has 0 aromatic heterocycles. The standard InChI is InChI=1S/C13H21NO5/c1-8-5-14(6-9(7-15)19-8)12(16)10-3-2-4-11(10)13(17)18/h8-11,15H,2-7H2,1H3,(H,17,18). The Kier molecular flexibility index (Phi) is 4.42. The fraction of sp³-hybridized carbons (Fsp3) is 0.846. The van der Waals surface area contributed by atoms with Gasteiger partial charge >= 0.3 is 5.97 Å². The van der Waals surface area contributed by atoms with Gasteiger partial charge in [0.05, 0.1) is 30.7 Å². The largest absolute Gasteiger partial charge is 0.481 e. The van der Waals surface area contributed by atoms with Crippen LogP contribution in [0.4, 0.5) is 0 Å². The van der Waals surface area contributed by atoms with Crippen LogP contribution >= 0.6 is 0 Å². The van der Waals surface area contributed by atoms with Gasteiger partial charge in [-0.25, -0.2) is 0 Å². The van der Waals surface area contributed by atoms with Crippen LogP contribution in [-0.2, 0) is 14.3 Å².